The van der Waals surface area contributed by atoms with E-state index < -0.39 is 0 Å². The van der Waals surface area contributed by atoms with Crippen LogP contribution < -0.4 is 4.90 Å². The van der Waals surface area contributed by atoms with Gasteiger partial charge in [-0.2, -0.15) is 0 Å². The fourth-order valence-corrected chi connectivity index (χ4v) is 2.91. The summed E-state index contributed by atoms with van der Waals surface area (Å²) in [6.45, 7) is 2.13. The Kier molecular flexibility index (Phi) is 3.34. The summed E-state index contributed by atoms with van der Waals surface area (Å²) in [5.41, 5.74) is 3.67. The molecule has 0 unspecified atom stereocenters. The summed E-state index contributed by atoms with van der Waals surface area (Å²) in [6.07, 6.45) is 0. The highest BCUT2D eigenvalue weighted by Crippen LogP contribution is 2.37. The fraction of sp³-hybridized carbons (Fsp3) is 0.0588. The van der Waals surface area contributed by atoms with Gasteiger partial charge in [0.15, 0.2) is 0 Å². The number of hydrogen-bond acceptors (Lipinski definition) is 2. The zero-order chi connectivity index (χ0) is 13.1. The topological polar surface area (TPSA) is 3.24 Å². The van der Waals surface area contributed by atoms with Crippen molar-refractivity contribution in [1.82, 2.24) is 0 Å². The molecule has 0 bridgehead atoms. The van der Waals surface area contributed by atoms with Crippen LogP contribution in [0.25, 0.3) is 0 Å². The molecule has 0 atom stereocenters. The van der Waals surface area contributed by atoms with Crippen LogP contribution in [0.1, 0.15) is 5.56 Å². The van der Waals surface area contributed by atoms with Crippen molar-refractivity contribution in [1.29, 1.82) is 0 Å². The Hall–Kier alpha value is -2.06. The van der Waals surface area contributed by atoms with Crippen LogP contribution in [0.4, 0.5) is 16.4 Å². The first kappa shape index (κ1) is 12.0. The van der Waals surface area contributed by atoms with Gasteiger partial charge in [-0.3, -0.25) is 0 Å². The Morgan fingerprint density at radius 3 is 2.26 bits per heavy atom. The summed E-state index contributed by atoms with van der Waals surface area (Å²) in [4.78, 5) is 2.29. The van der Waals surface area contributed by atoms with Crippen molar-refractivity contribution in [3.63, 3.8) is 0 Å². The van der Waals surface area contributed by atoms with E-state index in [4.69, 9.17) is 0 Å². The molecule has 0 saturated heterocycles. The van der Waals surface area contributed by atoms with Crippen LogP contribution in [0.3, 0.4) is 0 Å². The third-order valence-electron chi connectivity index (χ3n) is 3.00. The minimum Gasteiger partial charge on any atom is -0.302 e. The van der Waals surface area contributed by atoms with Crippen LogP contribution in [0, 0.1) is 6.92 Å². The average Bonchev–Trinajstić information content (AvgIpc) is 2.94. The maximum atomic E-state index is 2.29. The zero-order valence-corrected chi connectivity index (χ0v) is 11.6. The minimum atomic E-state index is 1.19. The van der Waals surface area contributed by atoms with E-state index in [9.17, 15) is 0 Å². The molecule has 0 aliphatic carbocycles. The van der Waals surface area contributed by atoms with Crippen molar-refractivity contribution in [3.05, 3.63) is 77.7 Å². The highest BCUT2D eigenvalue weighted by atomic mass is 32.1. The molecule has 3 aromatic rings. The second kappa shape index (κ2) is 5.29. The van der Waals surface area contributed by atoms with Gasteiger partial charge in [-0.05, 0) is 54.3 Å². The Morgan fingerprint density at radius 1 is 0.789 bits per heavy atom. The lowest BCUT2D eigenvalue weighted by Crippen LogP contribution is -2.08. The van der Waals surface area contributed by atoms with Gasteiger partial charge in [0.05, 0.1) is 5.00 Å². The predicted octanol–water partition coefficient (Wildman–Crippen LogP) is 5.53. The van der Waals surface area contributed by atoms with E-state index in [2.05, 4.69) is 77.9 Å². The molecule has 0 fully saturated rings. The van der Waals surface area contributed by atoms with Crippen LogP contribution >= 0.6 is 11.3 Å². The van der Waals surface area contributed by atoms with Crippen molar-refractivity contribution < 1.29 is 0 Å². The first-order chi connectivity index (χ1) is 9.34. The van der Waals surface area contributed by atoms with E-state index in [1.165, 1.54) is 21.9 Å². The van der Waals surface area contributed by atoms with Crippen LogP contribution in [-0.2, 0) is 0 Å². The van der Waals surface area contributed by atoms with Crippen molar-refractivity contribution in [3.8, 4) is 0 Å². The van der Waals surface area contributed by atoms with Gasteiger partial charge in [0.2, 0.25) is 0 Å². The van der Waals surface area contributed by atoms with E-state index >= 15 is 0 Å². The summed E-state index contributed by atoms with van der Waals surface area (Å²) >= 11 is 1.75. The van der Waals surface area contributed by atoms with Gasteiger partial charge in [-0.25, -0.2) is 0 Å². The molecule has 0 amide bonds. The lowest BCUT2D eigenvalue weighted by atomic mass is 10.2. The van der Waals surface area contributed by atoms with E-state index in [-0.39, 0.29) is 0 Å². The highest BCUT2D eigenvalue weighted by Gasteiger charge is 2.12. The van der Waals surface area contributed by atoms with Gasteiger partial charge < -0.3 is 4.90 Å². The Bertz CT molecular complexity index is 644. The molecule has 0 N–H and O–H groups in total. The maximum Gasteiger partial charge on any atom is 0.0999 e. The Morgan fingerprint density at radius 2 is 1.58 bits per heavy atom. The summed E-state index contributed by atoms with van der Waals surface area (Å²) in [5, 5.41) is 3.35. The van der Waals surface area contributed by atoms with Crippen LogP contribution in [0.15, 0.2) is 72.1 Å². The normalized spacial score (nSPS) is 10.4. The largest absolute Gasteiger partial charge is 0.302 e. The van der Waals surface area contributed by atoms with E-state index in [1.54, 1.807) is 11.3 Å². The Labute approximate surface area is 117 Å². The monoisotopic (exact) mass is 265 g/mol. The molecule has 0 aliphatic heterocycles. The number of aryl methyl sites for hydroxylation is 1. The molecule has 94 valence electrons. The van der Waals surface area contributed by atoms with E-state index in [0.29, 0.717) is 0 Å². The molecular weight excluding hydrogens is 250 g/mol. The minimum absolute atomic E-state index is 1.19. The molecule has 1 aromatic heterocycles. The quantitative estimate of drug-likeness (QED) is 0.602. The fourth-order valence-electron chi connectivity index (χ4n) is 2.14. The molecule has 2 heteroatoms. The second-order valence-electron chi connectivity index (χ2n) is 4.46. The third kappa shape index (κ3) is 2.54. The molecule has 0 saturated carbocycles. The first-order valence-electron chi connectivity index (χ1n) is 6.30. The average molecular weight is 265 g/mol. The Balaban J connectivity index is 2.12. The van der Waals surface area contributed by atoms with Gasteiger partial charge >= 0.3 is 0 Å². The second-order valence-corrected chi connectivity index (χ2v) is 5.39. The molecular formula is C17H15NS. The standard InChI is InChI=1S/C17H15NS/c1-14-7-5-10-16(13-14)18(17-11-6-12-19-17)15-8-3-2-4-9-15/h2-13H,1H3. The zero-order valence-electron chi connectivity index (χ0n) is 10.8. The van der Waals surface area contributed by atoms with Crippen molar-refractivity contribution in [2.24, 2.45) is 0 Å². The molecule has 0 radical (unpaired) electrons. The van der Waals surface area contributed by atoms with Crippen LogP contribution in [-0.4, -0.2) is 0 Å². The highest BCUT2D eigenvalue weighted by molar-refractivity contribution is 7.14. The number of benzene rings is 2. The van der Waals surface area contributed by atoms with Crippen molar-refractivity contribution in [2.75, 3.05) is 4.90 Å². The maximum absolute atomic E-state index is 2.29. The number of rotatable bonds is 3. The third-order valence-corrected chi connectivity index (χ3v) is 3.85. The van der Waals surface area contributed by atoms with Crippen LogP contribution in [0.2, 0.25) is 0 Å². The smallest absolute Gasteiger partial charge is 0.0999 e. The van der Waals surface area contributed by atoms with Gasteiger partial charge in [-0.15, -0.1) is 11.3 Å². The number of anilines is 3. The van der Waals surface area contributed by atoms with Gasteiger partial charge in [0, 0.05) is 11.4 Å². The first-order valence-corrected chi connectivity index (χ1v) is 7.18. The van der Waals surface area contributed by atoms with Crippen molar-refractivity contribution in [2.45, 2.75) is 6.92 Å². The molecule has 1 nitrogen and oxygen atoms in total. The van der Waals surface area contributed by atoms with Crippen LogP contribution in [0.5, 0.6) is 0 Å². The molecule has 0 spiro atoms. The summed E-state index contributed by atoms with van der Waals surface area (Å²) in [6, 6.07) is 23.3. The number of hydrogen-bond donors (Lipinski definition) is 0. The summed E-state index contributed by atoms with van der Waals surface area (Å²) in [5.74, 6) is 0. The number of thiophene rings is 1. The molecule has 2 aromatic carbocycles. The molecule has 1 heterocycles. The van der Waals surface area contributed by atoms with Crippen molar-refractivity contribution >= 4 is 27.7 Å². The molecule has 19 heavy (non-hydrogen) atoms. The SMILES string of the molecule is Cc1cccc(N(c2ccccc2)c2cccs2)c1. The number of nitrogens with zero attached hydrogens (tertiary/aromatic N) is 1. The molecule has 0 aliphatic rings. The summed E-state index contributed by atoms with van der Waals surface area (Å²) in [7, 11) is 0. The number of para-hydroxylation sites is 1. The lowest BCUT2D eigenvalue weighted by molar-refractivity contribution is 1.30. The molecule has 3 rings (SSSR count). The van der Waals surface area contributed by atoms with Gasteiger partial charge in [0.25, 0.3) is 0 Å². The predicted molar refractivity (Wildman–Crippen MR) is 83.7 cm³/mol. The van der Waals surface area contributed by atoms with E-state index in [1.807, 2.05) is 6.07 Å². The lowest BCUT2D eigenvalue weighted by Gasteiger charge is -2.23. The van der Waals surface area contributed by atoms with E-state index in [0.717, 1.165) is 0 Å². The van der Waals surface area contributed by atoms with Gasteiger partial charge in [-0.1, -0.05) is 30.3 Å². The summed E-state index contributed by atoms with van der Waals surface area (Å²) < 4.78 is 0. The van der Waals surface area contributed by atoms with Gasteiger partial charge in [0.1, 0.15) is 0 Å².